The van der Waals surface area contributed by atoms with E-state index in [1.54, 1.807) is 12.1 Å². The van der Waals surface area contributed by atoms with Crippen LogP contribution in [0.2, 0.25) is 5.02 Å². The lowest BCUT2D eigenvalue weighted by atomic mass is 9.77. The van der Waals surface area contributed by atoms with E-state index in [4.69, 9.17) is 21.1 Å². The van der Waals surface area contributed by atoms with Crippen molar-refractivity contribution in [2.45, 2.75) is 37.3 Å². The molecule has 1 aliphatic carbocycles. The van der Waals surface area contributed by atoms with Gasteiger partial charge in [0.1, 0.15) is 12.4 Å². The highest BCUT2D eigenvalue weighted by molar-refractivity contribution is 6.31. The molecule has 6 nitrogen and oxygen atoms in total. The van der Waals surface area contributed by atoms with Crippen LogP contribution >= 0.6 is 11.6 Å². The van der Waals surface area contributed by atoms with Gasteiger partial charge in [0.25, 0.3) is 5.69 Å². The van der Waals surface area contributed by atoms with Crippen molar-refractivity contribution >= 4 is 23.0 Å². The average Bonchev–Trinajstić information content (AvgIpc) is 3.44. The number of nitro benzene ring substituents is 1. The van der Waals surface area contributed by atoms with Crippen LogP contribution in [0.1, 0.15) is 42.3 Å². The maximum atomic E-state index is 11.3. The van der Waals surface area contributed by atoms with Crippen LogP contribution in [0.25, 0.3) is 0 Å². The zero-order chi connectivity index (χ0) is 20.7. The smallest absolute Gasteiger partial charge is 0.269 e. The molecule has 0 saturated carbocycles. The predicted octanol–water partition coefficient (Wildman–Crippen LogP) is 5.63. The van der Waals surface area contributed by atoms with Crippen molar-refractivity contribution in [2.75, 3.05) is 18.5 Å². The topological polar surface area (TPSA) is 73.6 Å². The zero-order valence-corrected chi connectivity index (χ0v) is 17.2. The van der Waals surface area contributed by atoms with Crippen LogP contribution in [0.3, 0.4) is 0 Å². The number of non-ortho nitro benzene ring substituents is 1. The fourth-order valence-electron chi connectivity index (χ4n) is 4.86. The number of benzene rings is 2. The Morgan fingerprint density at radius 1 is 1.27 bits per heavy atom. The number of nitro groups is 1. The molecule has 0 radical (unpaired) electrons. The zero-order valence-electron chi connectivity index (χ0n) is 16.4. The van der Waals surface area contributed by atoms with E-state index in [2.05, 4.69) is 23.5 Å². The number of nitrogens with zero attached hydrogens (tertiary/aromatic N) is 1. The highest BCUT2D eigenvalue weighted by Crippen LogP contribution is 2.53. The van der Waals surface area contributed by atoms with Gasteiger partial charge in [0.15, 0.2) is 0 Å². The molecule has 0 aromatic heterocycles. The van der Waals surface area contributed by atoms with Crippen molar-refractivity contribution in [1.82, 2.24) is 0 Å². The Kier molecular flexibility index (Phi) is 5.13. The lowest BCUT2D eigenvalue weighted by Gasteiger charge is -2.38. The van der Waals surface area contributed by atoms with Crippen LogP contribution in [0.15, 0.2) is 48.6 Å². The molecular formula is C23H23ClN2O4. The standard InChI is InChI=1S/C23H23ClN2O4/c24-20-10-9-14(26(27)28)12-19(20)22-17-6-1-5-16(17)18-7-2-8-21(23(18)25-22)30-13-15-4-3-11-29-15/h1-2,5,7-10,12,15-17,22,25H,3-4,6,11,13H2. The van der Waals surface area contributed by atoms with Gasteiger partial charge < -0.3 is 14.8 Å². The quantitative estimate of drug-likeness (QED) is 0.381. The van der Waals surface area contributed by atoms with Gasteiger partial charge >= 0.3 is 0 Å². The van der Waals surface area contributed by atoms with E-state index in [9.17, 15) is 10.1 Å². The van der Waals surface area contributed by atoms with Crippen molar-refractivity contribution in [3.63, 3.8) is 0 Å². The van der Waals surface area contributed by atoms with Gasteiger partial charge in [-0.05, 0) is 42.9 Å². The van der Waals surface area contributed by atoms with Gasteiger partial charge in [-0.3, -0.25) is 10.1 Å². The van der Waals surface area contributed by atoms with Crippen LogP contribution in [-0.2, 0) is 4.74 Å². The highest BCUT2D eigenvalue weighted by Gasteiger charge is 2.40. The summed E-state index contributed by atoms with van der Waals surface area (Å²) in [6, 6.07) is 10.6. The van der Waals surface area contributed by atoms with Crippen LogP contribution in [-0.4, -0.2) is 24.2 Å². The monoisotopic (exact) mass is 426 g/mol. The summed E-state index contributed by atoms with van der Waals surface area (Å²) in [7, 11) is 0. The van der Waals surface area contributed by atoms with Crippen molar-refractivity contribution < 1.29 is 14.4 Å². The summed E-state index contributed by atoms with van der Waals surface area (Å²) in [6.07, 6.45) is 7.52. The number of ether oxygens (including phenoxy) is 2. The molecule has 1 N–H and O–H groups in total. The highest BCUT2D eigenvalue weighted by atomic mass is 35.5. The third-order valence-electron chi connectivity index (χ3n) is 6.33. The van der Waals surface area contributed by atoms with Gasteiger partial charge in [-0.1, -0.05) is 35.9 Å². The molecule has 7 heteroatoms. The molecule has 0 amide bonds. The molecule has 0 bridgehead atoms. The van der Waals surface area contributed by atoms with E-state index >= 15 is 0 Å². The number of halogens is 1. The SMILES string of the molecule is O=[N+]([O-])c1ccc(Cl)c(C2Nc3c(OCC4CCCO4)cccc3C3C=CCC32)c1. The third-order valence-corrected chi connectivity index (χ3v) is 6.68. The average molecular weight is 427 g/mol. The lowest BCUT2D eigenvalue weighted by Crippen LogP contribution is -2.30. The van der Waals surface area contributed by atoms with Gasteiger partial charge in [-0.15, -0.1) is 0 Å². The molecule has 2 aromatic carbocycles. The number of rotatable bonds is 5. The maximum Gasteiger partial charge on any atom is 0.269 e. The van der Waals surface area contributed by atoms with E-state index in [0.29, 0.717) is 11.6 Å². The second kappa shape index (κ2) is 7.93. The Morgan fingerprint density at radius 2 is 2.17 bits per heavy atom. The summed E-state index contributed by atoms with van der Waals surface area (Å²) in [5, 5.41) is 15.5. The Bertz CT molecular complexity index is 1000. The van der Waals surface area contributed by atoms with Gasteiger partial charge in [0, 0.05) is 35.2 Å². The first kappa shape index (κ1) is 19.4. The van der Waals surface area contributed by atoms with Crippen molar-refractivity contribution in [1.29, 1.82) is 0 Å². The van der Waals surface area contributed by atoms with Gasteiger partial charge in [0.2, 0.25) is 0 Å². The van der Waals surface area contributed by atoms with Gasteiger partial charge in [-0.25, -0.2) is 0 Å². The molecule has 30 heavy (non-hydrogen) atoms. The first-order valence-electron chi connectivity index (χ1n) is 10.4. The number of hydrogen-bond acceptors (Lipinski definition) is 5. The summed E-state index contributed by atoms with van der Waals surface area (Å²) >= 11 is 6.51. The summed E-state index contributed by atoms with van der Waals surface area (Å²) < 4.78 is 11.9. The third kappa shape index (κ3) is 3.44. The molecule has 4 unspecified atom stereocenters. The van der Waals surface area contributed by atoms with E-state index in [0.717, 1.165) is 42.9 Å². The minimum atomic E-state index is -0.378. The fourth-order valence-corrected chi connectivity index (χ4v) is 5.10. The Balaban J connectivity index is 1.51. The Labute approximate surface area is 180 Å². The number of fused-ring (bicyclic) bond motifs is 3. The minimum Gasteiger partial charge on any atom is -0.489 e. The molecule has 5 rings (SSSR count). The number of allylic oxidation sites excluding steroid dienone is 2. The summed E-state index contributed by atoms with van der Waals surface area (Å²) in [4.78, 5) is 11.0. The molecule has 1 saturated heterocycles. The van der Waals surface area contributed by atoms with Crippen LogP contribution in [0.4, 0.5) is 11.4 Å². The number of anilines is 1. The number of para-hydroxylation sites is 1. The Hall–Kier alpha value is -2.57. The minimum absolute atomic E-state index is 0.0485. The van der Waals surface area contributed by atoms with Crippen LogP contribution in [0, 0.1) is 16.0 Å². The summed E-state index contributed by atoms with van der Waals surface area (Å²) in [5.74, 6) is 1.24. The lowest BCUT2D eigenvalue weighted by molar-refractivity contribution is -0.384. The molecule has 156 valence electrons. The molecule has 2 aromatic rings. The molecule has 4 atom stereocenters. The van der Waals surface area contributed by atoms with Gasteiger partial charge in [-0.2, -0.15) is 0 Å². The van der Waals surface area contributed by atoms with Gasteiger partial charge in [0.05, 0.1) is 22.8 Å². The normalized spacial score (nSPS) is 26.7. The first-order chi connectivity index (χ1) is 14.6. The van der Waals surface area contributed by atoms with E-state index in [1.165, 1.54) is 11.6 Å². The fraction of sp³-hybridized carbons (Fsp3) is 0.391. The second-order valence-electron chi connectivity index (χ2n) is 8.10. The van der Waals surface area contributed by atoms with E-state index in [-0.39, 0.29) is 34.6 Å². The van der Waals surface area contributed by atoms with Crippen LogP contribution in [0.5, 0.6) is 5.75 Å². The summed E-state index contributed by atoms with van der Waals surface area (Å²) in [5.41, 5.74) is 2.93. The van der Waals surface area contributed by atoms with E-state index < -0.39 is 0 Å². The first-order valence-corrected chi connectivity index (χ1v) is 10.7. The Morgan fingerprint density at radius 3 is 2.97 bits per heavy atom. The number of nitrogens with one attached hydrogen (secondary N) is 1. The molecule has 2 heterocycles. The largest absolute Gasteiger partial charge is 0.489 e. The molecule has 1 fully saturated rings. The molecule has 2 aliphatic heterocycles. The van der Waals surface area contributed by atoms with Crippen molar-refractivity contribution in [2.24, 2.45) is 5.92 Å². The van der Waals surface area contributed by atoms with Crippen molar-refractivity contribution in [3.05, 3.63) is 74.8 Å². The molecule has 0 spiro atoms. The molecule has 3 aliphatic rings. The maximum absolute atomic E-state index is 11.3. The van der Waals surface area contributed by atoms with E-state index in [1.807, 2.05) is 12.1 Å². The van der Waals surface area contributed by atoms with Crippen LogP contribution < -0.4 is 10.1 Å². The second-order valence-corrected chi connectivity index (χ2v) is 8.51. The summed E-state index contributed by atoms with van der Waals surface area (Å²) in [6.45, 7) is 1.31. The predicted molar refractivity (Wildman–Crippen MR) is 115 cm³/mol. The molecular weight excluding hydrogens is 404 g/mol. The number of hydrogen-bond donors (Lipinski definition) is 1. The van der Waals surface area contributed by atoms with Crippen molar-refractivity contribution in [3.8, 4) is 5.75 Å².